The fourth-order valence-corrected chi connectivity index (χ4v) is 4.08. The summed E-state index contributed by atoms with van der Waals surface area (Å²) in [5.41, 5.74) is 0.892. The van der Waals surface area contributed by atoms with Crippen LogP contribution < -0.4 is 11.4 Å². The second-order valence-corrected chi connectivity index (χ2v) is 6.90. The van der Waals surface area contributed by atoms with Gasteiger partial charge in [-0.1, -0.05) is 17.8 Å². The molecule has 0 aliphatic heterocycles. The van der Waals surface area contributed by atoms with E-state index < -0.39 is 0 Å². The van der Waals surface area contributed by atoms with Crippen molar-refractivity contribution in [1.82, 2.24) is 19.9 Å². The Hall–Kier alpha value is -1.71. The van der Waals surface area contributed by atoms with Crippen molar-refractivity contribution in [1.29, 1.82) is 0 Å². The molecule has 0 bridgehead atoms. The number of rotatable bonds is 4. The lowest BCUT2D eigenvalue weighted by molar-refractivity contribution is 0.681. The second-order valence-electron chi connectivity index (χ2n) is 4.15. The monoisotopic (exact) mass is 337 g/mol. The molecule has 0 amide bonds. The van der Waals surface area contributed by atoms with Crippen molar-refractivity contribution in [2.45, 2.75) is 17.8 Å². The Morgan fingerprint density at radius 2 is 2.24 bits per heavy atom. The van der Waals surface area contributed by atoms with Gasteiger partial charge in [0.05, 0.1) is 10.6 Å². The minimum absolute atomic E-state index is 0.287. The number of thioether (sulfide) groups is 1. The Balaban J connectivity index is 1.74. The molecular weight excluding hydrogens is 326 g/mol. The third-order valence-corrected chi connectivity index (χ3v) is 5.56. The second kappa shape index (κ2) is 5.96. The van der Waals surface area contributed by atoms with Crippen molar-refractivity contribution in [2.24, 2.45) is 0 Å². The van der Waals surface area contributed by atoms with Crippen LogP contribution in [0.25, 0.3) is 9.88 Å². The maximum absolute atomic E-state index is 11.7. The highest BCUT2D eigenvalue weighted by molar-refractivity contribution is 7.98. The summed E-state index contributed by atoms with van der Waals surface area (Å²) in [6.45, 7) is 1.58. The van der Waals surface area contributed by atoms with Crippen LogP contribution in [0.3, 0.4) is 0 Å². The van der Waals surface area contributed by atoms with Gasteiger partial charge < -0.3 is 5.84 Å². The quantitative estimate of drug-likeness (QED) is 0.580. The normalized spacial score (nSPS) is 10.9. The number of nitrogens with two attached hydrogens (primary N) is 1. The molecule has 0 aliphatic carbocycles. The lowest BCUT2D eigenvalue weighted by Crippen LogP contribution is -2.32. The SMILES string of the molecule is Cc1nnc(SCc2csc(-c3cccs3)n2)n(N)c1=O. The lowest BCUT2D eigenvalue weighted by Gasteiger charge is -2.04. The number of aryl methyl sites for hydroxylation is 1. The highest BCUT2D eigenvalue weighted by atomic mass is 32.2. The van der Waals surface area contributed by atoms with Crippen molar-refractivity contribution in [3.8, 4) is 9.88 Å². The predicted molar refractivity (Wildman–Crippen MR) is 86.2 cm³/mol. The van der Waals surface area contributed by atoms with Gasteiger partial charge in [0.15, 0.2) is 0 Å². The average Bonchev–Trinajstić information content (AvgIpc) is 3.14. The Kier molecular flexibility index (Phi) is 4.04. The zero-order valence-corrected chi connectivity index (χ0v) is 13.5. The Morgan fingerprint density at radius 3 is 3.00 bits per heavy atom. The molecule has 21 heavy (non-hydrogen) atoms. The van der Waals surface area contributed by atoms with Gasteiger partial charge in [0.1, 0.15) is 10.7 Å². The summed E-state index contributed by atoms with van der Waals surface area (Å²) in [6, 6.07) is 4.05. The van der Waals surface area contributed by atoms with Crippen LogP contribution in [-0.2, 0) is 5.75 Å². The maximum Gasteiger partial charge on any atom is 0.294 e. The topological polar surface area (TPSA) is 86.7 Å². The molecule has 0 spiro atoms. The summed E-state index contributed by atoms with van der Waals surface area (Å²) in [6.07, 6.45) is 0. The van der Waals surface area contributed by atoms with Crippen molar-refractivity contribution >= 4 is 34.4 Å². The van der Waals surface area contributed by atoms with Gasteiger partial charge in [-0.25, -0.2) is 4.98 Å². The summed E-state index contributed by atoms with van der Waals surface area (Å²) in [5.74, 6) is 6.29. The van der Waals surface area contributed by atoms with Crippen molar-refractivity contribution < 1.29 is 0 Å². The lowest BCUT2D eigenvalue weighted by atomic mass is 10.5. The molecule has 0 saturated heterocycles. The predicted octanol–water partition coefficient (Wildman–Crippen LogP) is 2.14. The van der Waals surface area contributed by atoms with Crippen LogP contribution in [0.15, 0.2) is 32.8 Å². The van der Waals surface area contributed by atoms with Gasteiger partial charge >= 0.3 is 0 Å². The van der Waals surface area contributed by atoms with Crippen LogP contribution in [0, 0.1) is 6.92 Å². The summed E-state index contributed by atoms with van der Waals surface area (Å²) in [5, 5.41) is 13.2. The van der Waals surface area contributed by atoms with E-state index in [1.54, 1.807) is 29.6 Å². The van der Waals surface area contributed by atoms with Crippen LogP contribution in [0.2, 0.25) is 0 Å². The third kappa shape index (κ3) is 2.99. The number of aromatic nitrogens is 4. The maximum atomic E-state index is 11.7. The van der Waals surface area contributed by atoms with Gasteiger partial charge in [-0.15, -0.1) is 32.9 Å². The number of thiophene rings is 1. The summed E-state index contributed by atoms with van der Waals surface area (Å²) in [4.78, 5) is 17.4. The Labute approximate surface area is 132 Å². The standard InChI is InChI=1S/C12H11N5OS3/c1-7-11(18)17(13)12(16-15-7)21-6-8-5-20-10(14-8)9-3-2-4-19-9/h2-5H,6,13H2,1H3. The van der Waals surface area contributed by atoms with Crippen molar-refractivity contribution in [3.05, 3.63) is 44.6 Å². The fraction of sp³-hybridized carbons (Fsp3) is 0.167. The van der Waals surface area contributed by atoms with Crippen LogP contribution in [0.1, 0.15) is 11.4 Å². The molecule has 0 fully saturated rings. The molecule has 0 saturated carbocycles. The van der Waals surface area contributed by atoms with Crippen molar-refractivity contribution in [2.75, 3.05) is 5.84 Å². The van der Waals surface area contributed by atoms with Crippen molar-refractivity contribution in [3.63, 3.8) is 0 Å². The number of thiazole rings is 1. The van der Waals surface area contributed by atoms with Crippen LogP contribution in [0.5, 0.6) is 0 Å². The van der Waals surface area contributed by atoms with E-state index in [0.717, 1.165) is 20.3 Å². The molecule has 9 heteroatoms. The van der Waals surface area contributed by atoms with Crippen LogP contribution in [0.4, 0.5) is 0 Å². The molecule has 0 aromatic carbocycles. The molecule has 2 N–H and O–H groups in total. The molecule has 3 aromatic heterocycles. The number of hydrogen-bond acceptors (Lipinski definition) is 8. The minimum Gasteiger partial charge on any atom is -0.334 e. The molecule has 0 radical (unpaired) electrons. The van der Waals surface area contributed by atoms with Crippen LogP contribution in [-0.4, -0.2) is 19.9 Å². The van der Waals surface area contributed by atoms with Gasteiger partial charge in [0.25, 0.3) is 5.56 Å². The Bertz CT molecular complexity index is 809. The Morgan fingerprint density at radius 1 is 1.38 bits per heavy atom. The average molecular weight is 337 g/mol. The smallest absolute Gasteiger partial charge is 0.294 e. The largest absolute Gasteiger partial charge is 0.334 e. The van der Waals surface area contributed by atoms with E-state index in [1.165, 1.54) is 11.8 Å². The van der Waals surface area contributed by atoms with E-state index in [-0.39, 0.29) is 11.3 Å². The first-order valence-corrected chi connectivity index (χ1v) is 8.72. The highest BCUT2D eigenvalue weighted by Gasteiger charge is 2.10. The van der Waals surface area contributed by atoms with Gasteiger partial charge in [-0.05, 0) is 18.4 Å². The molecule has 108 valence electrons. The summed E-state index contributed by atoms with van der Waals surface area (Å²) >= 11 is 4.61. The fourth-order valence-electron chi connectivity index (χ4n) is 1.59. The molecular formula is C12H11N5OS3. The number of nitrogen functional groups attached to an aromatic ring is 1. The zero-order valence-electron chi connectivity index (χ0n) is 11.0. The summed E-state index contributed by atoms with van der Waals surface area (Å²) in [7, 11) is 0. The van der Waals surface area contributed by atoms with Gasteiger partial charge in [0.2, 0.25) is 5.16 Å². The molecule has 6 nitrogen and oxygen atoms in total. The number of hydrogen-bond donors (Lipinski definition) is 1. The van der Waals surface area contributed by atoms with Gasteiger partial charge in [-0.2, -0.15) is 4.68 Å². The number of nitrogens with zero attached hydrogens (tertiary/aromatic N) is 4. The van der Waals surface area contributed by atoms with E-state index in [2.05, 4.69) is 15.2 Å². The third-order valence-electron chi connectivity index (χ3n) is 2.65. The summed E-state index contributed by atoms with van der Waals surface area (Å²) < 4.78 is 1.03. The minimum atomic E-state index is -0.329. The first-order valence-electron chi connectivity index (χ1n) is 5.97. The molecule has 3 aromatic rings. The van der Waals surface area contributed by atoms with E-state index >= 15 is 0 Å². The molecule has 0 aliphatic rings. The van der Waals surface area contributed by atoms with Gasteiger partial charge in [0, 0.05) is 11.1 Å². The molecule has 3 rings (SSSR count). The van der Waals surface area contributed by atoms with E-state index in [4.69, 9.17) is 5.84 Å². The first-order chi connectivity index (χ1) is 10.1. The van der Waals surface area contributed by atoms with E-state index in [0.29, 0.717) is 10.9 Å². The first kappa shape index (κ1) is 14.2. The van der Waals surface area contributed by atoms with Crippen LogP contribution >= 0.6 is 34.4 Å². The zero-order chi connectivity index (χ0) is 14.8. The van der Waals surface area contributed by atoms with E-state index in [1.807, 2.05) is 22.9 Å². The highest BCUT2D eigenvalue weighted by Crippen LogP contribution is 2.29. The molecule has 0 unspecified atom stereocenters. The van der Waals surface area contributed by atoms with E-state index in [9.17, 15) is 4.79 Å². The molecule has 0 atom stereocenters. The van der Waals surface area contributed by atoms with Gasteiger partial charge in [-0.3, -0.25) is 4.79 Å². The molecule has 3 heterocycles.